The van der Waals surface area contributed by atoms with Gasteiger partial charge in [-0.25, -0.2) is 9.07 Å². The van der Waals surface area contributed by atoms with E-state index in [1.807, 2.05) is 0 Å². The molecule has 2 N–H and O–H groups in total. The SMILES string of the molecule is CCNC(=O)c1ccc(-n2nnc(C(=O)NC3CC3)c2C)cc1F. The Bertz CT molecular complexity index is 798. The molecule has 1 aliphatic carbocycles. The predicted octanol–water partition coefficient (Wildman–Crippen LogP) is 1.36. The van der Waals surface area contributed by atoms with Gasteiger partial charge < -0.3 is 10.6 Å². The van der Waals surface area contributed by atoms with Gasteiger partial charge in [0, 0.05) is 18.7 Å². The van der Waals surface area contributed by atoms with Gasteiger partial charge in [-0.2, -0.15) is 0 Å². The minimum absolute atomic E-state index is 0.0370. The topological polar surface area (TPSA) is 88.9 Å². The van der Waals surface area contributed by atoms with Crippen LogP contribution in [0.25, 0.3) is 5.69 Å². The van der Waals surface area contributed by atoms with E-state index in [1.54, 1.807) is 19.9 Å². The standard InChI is InChI=1S/C16H18FN5O2/c1-3-18-15(23)12-7-6-11(8-13(12)17)22-9(2)14(20-21-22)16(24)19-10-4-5-10/h6-8,10H,3-5H2,1-2H3,(H,18,23)(H,19,24). The number of aromatic nitrogens is 3. The average molecular weight is 331 g/mol. The highest BCUT2D eigenvalue weighted by molar-refractivity contribution is 5.95. The van der Waals surface area contributed by atoms with Gasteiger partial charge in [0.25, 0.3) is 11.8 Å². The third kappa shape index (κ3) is 3.12. The fourth-order valence-corrected chi connectivity index (χ4v) is 2.34. The summed E-state index contributed by atoms with van der Waals surface area (Å²) in [6, 6.07) is 4.38. The minimum atomic E-state index is -0.655. The monoisotopic (exact) mass is 331 g/mol. The highest BCUT2D eigenvalue weighted by Crippen LogP contribution is 2.20. The summed E-state index contributed by atoms with van der Waals surface area (Å²) < 4.78 is 15.6. The predicted molar refractivity (Wildman–Crippen MR) is 84.5 cm³/mol. The van der Waals surface area contributed by atoms with Crippen LogP contribution in [0.1, 0.15) is 46.3 Å². The minimum Gasteiger partial charge on any atom is -0.352 e. The molecule has 1 aromatic heterocycles. The van der Waals surface area contributed by atoms with Crippen LogP contribution in [0.5, 0.6) is 0 Å². The molecule has 0 radical (unpaired) electrons. The Kier molecular flexibility index (Phi) is 4.28. The van der Waals surface area contributed by atoms with E-state index in [2.05, 4.69) is 20.9 Å². The van der Waals surface area contributed by atoms with Crippen molar-refractivity contribution in [1.82, 2.24) is 25.6 Å². The number of halogens is 1. The molecule has 1 saturated carbocycles. The molecule has 24 heavy (non-hydrogen) atoms. The summed E-state index contributed by atoms with van der Waals surface area (Å²) in [5.41, 5.74) is 1.09. The van der Waals surface area contributed by atoms with Gasteiger partial charge >= 0.3 is 0 Å². The first-order valence-electron chi connectivity index (χ1n) is 7.82. The Hall–Kier alpha value is -2.77. The second-order valence-electron chi connectivity index (χ2n) is 5.71. The average Bonchev–Trinajstić information content (AvgIpc) is 3.27. The van der Waals surface area contributed by atoms with Crippen LogP contribution in [0.2, 0.25) is 0 Å². The second kappa shape index (κ2) is 6.38. The van der Waals surface area contributed by atoms with Crippen LogP contribution in [0.3, 0.4) is 0 Å². The fourth-order valence-electron chi connectivity index (χ4n) is 2.34. The highest BCUT2D eigenvalue weighted by Gasteiger charge is 2.26. The van der Waals surface area contributed by atoms with Crippen molar-refractivity contribution in [3.63, 3.8) is 0 Å². The molecule has 0 unspecified atom stereocenters. The molecular weight excluding hydrogens is 313 g/mol. The second-order valence-corrected chi connectivity index (χ2v) is 5.71. The molecule has 126 valence electrons. The molecule has 1 heterocycles. The third-order valence-corrected chi connectivity index (χ3v) is 3.80. The highest BCUT2D eigenvalue weighted by atomic mass is 19.1. The van der Waals surface area contributed by atoms with Crippen LogP contribution in [-0.4, -0.2) is 39.4 Å². The Labute approximate surface area is 138 Å². The van der Waals surface area contributed by atoms with E-state index in [0.29, 0.717) is 17.9 Å². The van der Waals surface area contributed by atoms with Crippen LogP contribution >= 0.6 is 0 Å². The summed E-state index contributed by atoms with van der Waals surface area (Å²) in [7, 11) is 0. The van der Waals surface area contributed by atoms with E-state index in [-0.39, 0.29) is 23.2 Å². The maximum Gasteiger partial charge on any atom is 0.273 e. The number of rotatable bonds is 5. The molecule has 1 aromatic carbocycles. The van der Waals surface area contributed by atoms with E-state index < -0.39 is 11.7 Å². The van der Waals surface area contributed by atoms with Crippen molar-refractivity contribution >= 4 is 11.8 Å². The van der Waals surface area contributed by atoms with Gasteiger partial charge in [0.2, 0.25) is 0 Å². The molecule has 7 nitrogen and oxygen atoms in total. The van der Waals surface area contributed by atoms with Crippen molar-refractivity contribution in [1.29, 1.82) is 0 Å². The smallest absolute Gasteiger partial charge is 0.273 e. The lowest BCUT2D eigenvalue weighted by molar-refractivity contribution is 0.0939. The number of nitrogens with zero attached hydrogens (tertiary/aromatic N) is 3. The molecule has 0 spiro atoms. The van der Waals surface area contributed by atoms with Gasteiger partial charge in [0.05, 0.1) is 16.9 Å². The number of hydrogen-bond donors (Lipinski definition) is 2. The molecule has 3 rings (SSSR count). The van der Waals surface area contributed by atoms with Gasteiger partial charge in [0.15, 0.2) is 5.69 Å². The van der Waals surface area contributed by atoms with Crippen LogP contribution < -0.4 is 10.6 Å². The normalized spacial score (nSPS) is 13.6. The summed E-state index contributed by atoms with van der Waals surface area (Å²) in [6.07, 6.45) is 1.96. The molecule has 8 heteroatoms. The number of benzene rings is 1. The fraction of sp³-hybridized carbons (Fsp3) is 0.375. The Morgan fingerprint density at radius 3 is 2.71 bits per heavy atom. The maximum atomic E-state index is 14.2. The van der Waals surface area contributed by atoms with E-state index in [1.165, 1.54) is 16.8 Å². The Morgan fingerprint density at radius 1 is 1.33 bits per heavy atom. The third-order valence-electron chi connectivity index (χ3n) is 3.80. The molecule has 0 aliphatic heterocycles. The summed E-state index contributed by atoms with van der Waals surface area (Å²) in [5, 5.41) is 13.2. The van der Waals surface area contributed by atoms with E-state index in [9.17, 15) is 14.0 Å². The molecule has 1 fully saturated rings. The van der Waals surface area contributed by atoms with Gasteiger partial charge in [-0.05, 0) is 38.8 Å². The molecular formula is C16H18FN5O2. The van der Waals surface area contributed by atoms with Gasteiger partial charge in [-0.3, -0.25) is 9.59 Å². The van der Waals surface area contributed by atoms with Gasteiger partial charge in [0.1, 0.15) is 5.82 Å². The molecule has 0 atom stereocenters. The zero-order valence-electron chi connectivity index (χ0n) is 13.5. The number of carbonyl (C=O) groups is 2. The van der Waals surface area contributed by atoms with Crippen molar-refractivity contribution in [2.24, 2.45) is 0 Å². The zero-order valence-corrected chi connectivity index (χ0v) is 13.5. The van der Waals surface area contributed by atoms with Crippen LogP contribution in [-0.2, 0) is 0 Å². The summed E-state index contributed by atoms with van der Waals surface area (Å²) in [6.45, 7) is 3.87. The van der Waals surface area contributed by atoms with Crippen LogP contribution in [0.4, 0.5) is 4.39 Å². The Morgan fingerprint density at radius 2 is 2.08 bits per heavy atom. The number of carbonyl (C=O) groups excluding carboxylic acids is 2. The molecule has 0 bridgehead atoms. The molecule has 2 aromatic rings. The summed E-state index contributed by atoms with van der Waals surface area (Å²) >= 11 is 0. The first kappa shape index (κ1) is 16.1. The lowest BCUT2D eigenvalue weighted by Gasteiger charge is -2.07. The maximum absolute atomic E-state index is 14.2. The van der Waals surface area contributed by atoms with Crippen molar-refractivity contribution in [2.45, 2.75) is 32.7 Å². The molecule has 0 saturated heterocycles. The van der Waals surface area contributed by atoms with Crippen LogP contribution in [0.15, 0.2) is 18.2 Å². The first-order valence-corrected chi connectivity index (χ1v) is 7.82. The summed E-state index contributed by atoms with van der Waals surface area (Å²) in [4.78, 5) is 23.8. The van der Waals surface area contributed by atoms with Gasteiger partial charge in [-0.1, -0.05) is 5.21 Å². The van der Waals surface area contributed by atoms with Crippen molar-refractivity contribution in [3.05, 3.63) is 41.0 Å². The van der Waals surface area contributed by atoms with Crippen molar-refractivity contribution in [3.8, 4) is 5.69 Å². The number of amides is 2. The number of nitrogens with one attached hydrogen (secondary N) is 2. The lowest BCUT2D eigenvalue weighted by Crippen LogP contribution is -2.26. The van der Waals surface area contributed by atoms with Crippen molar-refractivity contribution in [2.75, 3.05) is 6.54 Å². The summed E-state index contributed by atoms with van der Waals surface area (Å²) in [5.74, 6) is -1.40. The molecule has 2 amide bonds. The largest absolute Gasteiger partial charge is 0.352 e. The van der Waals surface area contributed by atoms with Crippen molar-refractivity contribution < 1.29 is 14.0 Å². The van der Waals surface area contributed by atoms with E-state index >= 15 is 0 Å². The van der Waals surface area contributed by atoms with E-state index in [4.69, 9.17) is 0 Å². The lowest BCUT2D eigenvalue weighted by atomic mass is 10.1. The quantitative estimate of drug-likeness (QED) is 0.866. The number of hydrogen-bond acceptors (Lipinski definition) is 4. The van der Waals surface area contributed by atoms with Crippen LogP contribution in [0, 0.1) is 12.7 Å². The van der Waals surface area contributed by atoms with E-state index in [0.717, 1.165) is 12.8 Å². The zero-order chi connectivity index (χ0) is 17.3. The molecule has 1 aliphatic rings. The Balaban J connectivity index is 1.86. The first-order chi connectivity index (χ1) is 11.5. The van der Waals surface area contributed by atoms with Gasteiger partial charge in [-0.15, -0.1) is 5.10 Å².